The predicted octanol–water partition coefficient (Wildman–Crippen LogP) is 6.45. The van der Waals surface area contributed by atoms with Gasteiger partial charge in [-0.05, 0) is 66.7 Å². The molecule has 0 aromatic heterocycles. The third kappa shape index (κ3) is 4.20. The summed E-state index contributed by atoms with van der Waals surface area (Å²) in [7, 11) is 1.90. The molecule has 0 aliphatic carbocycles. The number of carbonyl (C=O) groups excluding carboxylic acids is 1. The summed E-state index contributed by atoms with van der Waals surface area (Å²) in [6.45, 7) is 2.03. The number of nitro benzene ring substituents is 1. The Labute approximate surface area is 236 Å². The molecule has 1 amide bonds. The molecule has 0 radical (unpaired) electrons. The quantitative estimate of drug-likeness (QED) is 0.162. The lowest BCUT2D eigenvalue weighted by Gasteiger charge is -2.43. The van der Waals surface area contributed by atoms with Gasteiger partial charge in [0, 0.05) is 30.4 Å². The number of hydrazone groups is 1. The van der Waals surface area contributed by atoms with Crippen LogP contribution in [0, 0.1) is 17.0 Å². The Morgan fingerprint density at radius 3 is 2.05 bits per heavy atom. The summed E-state index contributed by atoms with van der Waals surface area (Å²) in [6.07, 6.45) is 1.90. The number of para-hydroxylation sites is 2. The zero-order valence-electron chi connectivity index (χ0n) is 21.8. The molecular weight excluding hydrogens is 522 g/mol. The van der Waals surface area contributed by atoms with Gasteiger partial charge in [-0.15, -0.1) is 0 Å². The molecule has 1 spiro atoms. The van der Waals surface area contributed by atoms with Crippen LogP contribution in [0.15, 0.2) is 120 Å². The van der Waals surface area contributed by atoms with E-state index in [4.69, 9.17) is 5.10 Å². The monoisotopic (exact) mass is 547 g/mol. The lowest BCUT2D eigenvalue weighted by molar-refractivity contribution is -0.384. The molecule has 1 saturated heterocycles. The van der Waals surface area contributed by atoms with E-state index in [0.29, 0.717) is 10.7 Å². The third-order valence-corrected chi connectivity index (χ3v) is 8.35. The van der Waals surface area contributed by atoms with Crippen LogP contribution in [0.1, 0.15) is 16.7 Å². The van der Waals surface area contributed by atoms with E-state index in [9.17, 15) is 14.9 Å². The zero-order valence-corrected chi connectivity index (χ0v) is 22.7. The standard InChI is InChI=1S/C31H25N5O3S/c1-22-13-15-23(16-14-22)21-28-30(37)34(25-9-5-3-6-10-25)31(33(28)2)35(26-11-7-4-8-12-26)32-29(40-31)24-17-19-27(20-18-24)36(38)39/h3-21H,1-2H3/b28-21+. The predicted molar refractivity (Wildman–Crippen MR) is 160 cm³/mol. The molecule has 198 valence electrons. The molecule has 9 heteroatoms. The van der Waals surface area contributed by atoms with Crippen molar-refractivity contribution in [1.82, 2.24) is 4.90 Å². The fourth-order valence-electron chi connectivity index (χ4n) is 4.88. The van der Waals surface area contributed by atoms with Crippen LogP contribution in [-0.4, -0.2) is 32.9 Å². The van der Waals surface area contributed by atoms with E-state index in [1.54, 1.807) is 17.0 Å². The highest BCUT2D eigenvalue weighted by Crippen LogP contribution is 2.53. The van der Waals surface area contributed by atoms with Gasteiger partial charge in [0.25, 0.3) is 16.7 Å². The first-order valence-electron chi connectivity index (χ1n) is 12.7. The second kappa shape index (κ2) is 10.0. The van der Waals surface area contributed by atoms with Crippen LogP contribution >= 0.6 is 11.8 Å². The van der Waals surface area contributed by atoms with Crippen molar-refractivity contribution >= 4 is 45.9 Å². The van der Waals surface area contributed by atoms with Gasteiger partial charge in [-0.2, -0.15) is 5.10 Å². The summed E-state index contributed by atoms with van der Waals surface area (Å²) in [5, 5.41) is 17.7. The normalized spacial score (nSPS) is 19.6. The molecule has 0 N–H and O–H groups in total. The lowest BCUT2D eigenvalue weighted by atomic mass is 10.1. The molecule has 6 rings (SSSR count). The van der Waals surface area contributed by atoms with Crippen molar-refractivity contribution in [1.29, 1.82) is 0 Å². The Morgan fingerprint density at radius 1 is 0.850 bits per heavy atom. The number of nitrogens with zero attached hydrogens (tertiary/aromatic N) is 5. The van der Waals surface area contributed by atoms with Crippen LogP contribution in [0.2, 0.25) is 0 Å². The molecule has 40 heavy (non-hydrogen) atoms. The summed E-state index contributed by atoms with van der Waals surface area (Å²) < 4.78 is 0. The molecule has 1 fully saturated rings. The number of carbonyl (C=O) groups is 1. The molecule has 0 saturated carbocycles. The average molecular weight is 548 g/mol. The van der Waals surface area contributed by atoms with Crippen molar-refractivity contribution in [2.75, 3.05) is 17.0 Å². The summed E-state index contributed by atoms with van der Waals surface area (Å²) in [5.41, 5.74) is 4.81. The van der Waals surface area contributed by atoms with Crippen molar-refractivity contribution in [3.05, 3.63) is 142 Å². The molecule has 4 aromatic carbocycles. The third-order valence-electron chi connectivity index (χ3n) is 6.93. The number of hydrogen-bond donors (Lipinski definition) is 0. The van der Waals surface area contributed by atoms with E-state index in [1.807, 2.05) is 115 Å². The topological polar surface area (TPSA) is 82.3 Å². The largest absolute Gasteiger partial charge is 0.319 e. The minimum Gasteiger partial charge on any atom is -0.319 e. The lowest BCUT2D eigenvalue weighted by Crippen LogP contribution is -2.59. The number of amides is 1. The summed E-state index contributed by atoms with van der Waals surface area (Å²) in [6, 6.07) is 33.6. The molecule has 1 unspecified atom stereocenters. The van der Waals surface area contributed by atoms with Crippen LogP contribution < -0.4 is 9.91 Å². The zero-order chi connectivity index (χ0) is 27.9. The first kappa shape index (κ1) is 25.4. The van der Waals surface area contributed by atoms with Crippen molar-refractivity contribution in [2.45, 2.75) is 12.0 Å². The molecule has 0 bridgehead atoms. The van der Waals surface area contributed by atoms with E-state index in [0.717, 1.165) is 28.1 Å². The number of benzene rings is 4. The maximum absolute atomic E-state index is 14.3. The fourth-order valence-corrected chi connectivity index (χ4v) is 6.26. The smallest absolute Gasteiger partial charge is 0.278 e. The van der Waals surface area contributed by atoms with Crippen molar-refractivity contribution in [3.8, 4) is 0 Å². The highest BCUT2D eigenvalue weighted by molar-refractivity contribution is 8.16. The van der Waals surface area contributed by atoms with Gasteiger partial charge in [0.05, 0.1) is 10.6 Å². The highest BCUT2D eigenvalue weighted by Gasteiger charge is 2.62. The van der Waals surface area contributed by atoms with Gasteiger partial charge in [-0.3, -0.25) is 19.8 Å². The second-order valence-corrected chi connectivity index (χ2v) is 10.6. The Hall–Kier alpha value is -4.89. The number of rotatable bonds is 5. The van der Waals surface area contributed by atoms with E-state index in [2.05, 4.69) is 0 Å². The van der Waals surface area contributed by atoms with Crippen LogP contribution in [-0.2, 0) is 4.79 Å². The summed E-state index contributed by atoms with van der Waals surface area (Å²) >= 11 is 1.42. The van der Waals surface area contributed by atoms with Crippen LogP contribution in [0.4, 0.5) is 17.1 Å². The second-order valence-electron chi connectivity index (χ2n) is 9.51. The summed E-state index contributed by atoms with van der Waals surface area (Å²) in [5.74, 6) is -0.164. The SMILES string of the molecule is Cc1ccc(/C=C2\C(=O)N(c3ccccc3)C3(SC(c4ccc([N+](=O)[O-])cc4)=NN3c3ccccc3)N2C)cc1. The molecule has 1 atom stereocenters. The van der Waals surface area contributed by atoms with Gasteiger partial charge < -0.3 is 4.90 Å². The Morgan fingerprint density at radius 2 is 1.45 bits per heavy atom. The van der Waals surface area contributed by atoms with Crippen molar-refractivity contribution in [2.24, 2.45) is 5.10 Å². The Kier molecular flexibility index (Phi) is 6.36. The molecule has 2 heterocycles. The Bertz CT molecular complexity index is 1640. The van der Waals surface area contributed by atoms with E-state index in [-0.39, 0.29) is 11.6 Å². The van der Waals surface area contributed by atoms with Gasteiger partial charge in [0.2, 0.25) is 0 Å². The van der Waals surface area contributed by atoms with Crippen LogP contribution in [0.5, 0.6) is 0 Å². The number of thioether (sulfide) groups is 1. The van der Waals surface area contributed by atoms with E-state index >= 15 is 0 Å². The highest BCUT2D eigenvalue weighted by atomic mass is 32.2. The molecule has 8 nitrogen and oxygen atoms in total. The number of hydrogen-bond acceptors (Lipinski definition) is 7. The number of non-ortho nitro benzene ring substituents is 1. The Balaban J connectivity index is 1.54. The van der Waals surface area contributed by atoms with Gasteiger partial charge in [0.1, 0.15) is 10.7 Å². The molecular formula is C31H25N5O3S. The maximum Gasteiger partial charge on any atom is 0.278 e. The first-order valence-corrected chi connectivity index (χ1v) is 13.5. The van der Waals surface area contributed by atoms with Crippen LogP contribution in [0.3, 0.4) is 0 Å². The van der Waals surface area contributed by atoms with Gasteiger partial charge in [-0.1, -0.05) is 66.2 Å². The van der Waals surface area contributed by atoms with Gasteiger partial charge >= 0.3 is 0 Å². The van der Waals surface area contributed by atoms with E-state index < -0.39 is 10.0 Å². The average Bonchev–Trinajstić information content (AvgIpc) is 3.47. The number of likely N-dealkylation sites (N-methyl/N-ethyl adjacent to an activating group) is 1. The minimum absolute atomic E-state index is 0.00404. The number of anilines is 2. The molecule has 2 aliphatic rings. The van der Waals surface area contributed by atoms with Crippen LogP contribution in [0.25, 0.3) is 6.08 Å². The van der Waals surface area contributed by atoms with Crippen molar-refractivity contribution in [3.63, 3.8) is 0 Å². The van der Waals surface area contributed by atoms with Gasteiger partial charge in [-0.25, -0.2) is 5.01 Å². The summed E-state index contributed by atoms with van der Waals surface area (Å²) in [4.78, 5) is 28.9. The van der Waals surface area contributed by atoms with E-state index in [1.165, 1.54) is 23.9 Å². The molecule has 2 aliphatic heterocycles. The fraction of sp³-hybridized carbons (Fsp3) is 0.0968. The maximum atomic E-state index is 14.3. The number of aryl methyl sites for hydroxylation is 1. The number of nitro groups is 1. The first-order chi connectivity index (χ1) is 19.4. The minimum atomic E-state index is -1.12. The molecule has 4 aromatic rings. The van der Waals surface area contributed by atoms with Gasteiger partial charge in [0.15, 0.2) is 0 Å². The van der Waals surface area contributed by atoms with Crippen molar-refractivity contribution < 1.29 is 9.72 Å².